The van der Waals surface area contributed by atoms with Crippen molar-refractivity contribution < 1.29 is 4.74 Å². The van der Waals surface area contributed by atoms with Gasteiger partial charge < -0.3 is 15.8 Å². The zero-order chi connectivity index (χ0) is 12.1. The van der Waals surface area contributed by atoms with Gasteiger partial charge in [-0.05, 0) is 31.2 Å². The molecule has 0 aliphatic heterocycles. The lowest BCUT2D eigenvalue weighted by atomic mass is 10.3. The molecular weight excluding hydrogens is 216 g/mol. The predicted molar refractivity (Wildman–Crippen MR) is 67.3 cm³/mol. The van der Waals surface area contributed by atoms with E-state index in [9.17, 15) is 0 Å². The van der Waals surface area contributed by atoms with Gasteiger partial charge in [-0.25, -0.2) is 9.97 Å². The maximum Gasteiger partial charge on any atom is 0.135 e. The summed E-state index contributed by atoms with van der Waals surface area (Å²) in [6, 6.07) is 9.32. The number of nitrogens with one attached hydrogen (secondary N) is 1. The molecule has 0 saturated carbocycles. The lowest BCUT2D eigenvalue weighted by Crippen LogP contribution is -1.97. The van der Waals surface area contributed by atoms with E-state index in [-0.39, 0.29) is 0 Å². The third kappa shape index (κ3) is 3.07. The molecule has 0 fully saturated rings. The zero-order valence-corrected chi connectivity index (χ0v) is 9.55. The normalized spacial score (nSPS) is 9.94. The smallest absolute Gasteiger partial charge is 0.135 e. The van der Waals surface area contributed by atoms with Gasteiger partial charge in [0.05, 0.1) is 6.61 Å². The molecule has 1 aromatic carbocycles. The summed E-state index contributed by atoms with van der Waals surface area (Å²) in [6.45, 7) is 2.62. The highest BCUT2D eigenvalue weighted by Gasteiger charge is 1.98. The highest BCUT2D eigenvalue weighted by atomic mass is 16.5. The Balaban J connectivity index is 2.08. The van der Waals surface area contributed by atoms with Gasteiger partial charge in [-0.15, -0.1) is 0 Å². The monoisotopic (exact) mass is 230 g/mol. The van der Waals surface area contributed by atoms with Crippen LogP contribution in [0.4, 0.5) is 17.3 Å². The molecule has 1 aromatic heterocycles. The summed E-state index contributed by atoms with van der Waals surface area (Å²) in [7, 11) is 0. The molecule has 17 heavy (non-hydrogen) atoms. The number of aromatic nitrogens is 2. The molecule has 0 bridgehead atoms. The van der Waals surface area contributed by atoms with Crippen molar-refractivity contribution in [1.29, 1.82) is 0 Å². The molecular formula is C12H14N4O. The number of nitrogens with zero attached hydrogens (tertiary/aromatic N) is 2. The number of anilines is 3. The van der Waals surface area contributed by atoms with Crippen LogP contribution in [0, 0.1) is 0 Å². The summed E-state index contributed by atoms with van der Waals surface area (Å²) in [5, 5.41) is 3.13. The van der Waals surface area contributed by atoms with Crippen molar-refractivity contribution in [3.63, 3.8) is 0 Å². The number of hydrogen-bond donors (Lipinski definition) is 2. The highest BCUT2D eigenvalue weighted by molar-refractivity contribution is 5.58. The van der Waals surface area contributed by atoms with E-state index in [2.05, 4.69) is 15.3 Å². The van der Waals surface area contributed by atoms with E-state index >= 15 is 0 Å². The van der Waals surface area contributed by atoms with Crippen molar-refractivity contribution in [2.45, 2.75) is 6.92 Å². The molecule has 0 radical (unpaired) electrons. The first-order valence-corrected chi connectivity index (χ1v) is 5.35. The number of benzene rings is 1. The van der Waals surface area contributed by atoms with E-state index in [4.69, 9.17) is 10.5 Å². The maximum absolute atomic E-state index is 5.56. The molecule has 2 aromatic rings. The van der Waals surface area contributed by atoms with Gasteiger partial charge in [0.25, 0.3) is 0 Å². The van der Waals surface area contributed by atoms with Gasteiger partial charge in [0.2, 0.25) is 0 Å². The van der Waals surface area contributed by atoms with Crippen LogP contribution in [0.15, 0.2) is 36.7 Å². The number of rotatable bonds is 4. The molecule has 0 aliphatic carbocycles. The van der Waals surface area contributed by atoms with Crippen molar-refractivity contribution in [3.05, 3.63) is 36.7 Å². The molecule has 1 heterocycles. The minimum atomic E-state index is 0.438. The average molecular weight is 230 g/mol. The second kappa shape index (κ2) is 5.16. The van der Waals surface area contributed by atoms with Gasteiger partial charge in [-0.2, -0.15) is 0 Å². The first kappa shape index (κ1) is 11.2. The second-order valence-electron chi connectivity index (χ2n) is 3.41. The standard InChI is InChI=1S/C12H14N4O/c1-2-17-10-5-3-9(4-6-10)16-12-7-11(13)14-8-15-12/h3-8H,2H2,1H3,(H3,13,14,15,16). The van der Waals surface area contributed by atoms with Gasteiger partial charge in [-0.3, -0.25) is 0 Å². The Morgan fingerprint density at radius 1 is 1.24 bits per heavy atom. The minimum Gasteiger partial charge on any atom is -0.494 e. The lowest BCUT2D eigenvalue weighted by molar-refractivity contribution is 0.340. The van der Waals surface area contributed by atoms with Crippen LogP contribution in [0.5, 0.6) is 5.75 Å². The minimum absolute atomic E-state index is 0.438. The zero-order valence-electron chi connectivity index (χ0n) is 9.55. The number of ether oxygens (including phenoxy) is 1. The lowest BCUT2D eigenvalue weighted by Gasteiger charge is -2.07. The van der Waals surface area contributed by atoms with E-state index in [1.807, 2.05) is 31.2 Å². The summed E-state index contributed by atoms with van der Waals surface area (Å²) in [5.41, 5.74) is 6.49. The molecule has 5 heteroatoms. The largest absolute Gasteiger partial charge is 0.494 e. The van der Waals surface area contributed by atoms with Crippen LogP contribution in [0.3, 0.4) is 0 Å². The van der Waals surface area contributed by atoms with Crippen molar-refractivity contribution in [2.75, 3.05) is 17.7 Å². The van der Waals surface area contributed by atoms with Crippen LogP contribution in [0.2, 0.25) is 0 Å². The maximum atomic E-state index is 5.56. The summed E-state index contributed by atoms with van der Waals surface area (Å²) < 4.78 is 5.36. The topological polar surface area (TPSA) is 73.1 Å². The molecule has 5 nitrogen and oxygen atoms in total. The quantitative estimate of drug-likeness (QED) is 0.842. The fourth-order valence-electron chi connectivity index (χ4n) is 1.39. The number of nitrogen functional groups attached to an aromatic ring is 1. The van der Waals surface area contributed by atoms with Crippen molar-refractivity contribution in [1.82, 2.24) is 9.97 Å². The van der Waals surface area contributed by atoms with Crippen LogP contribution in [-0.4, -0.2) is 16.6 Å². The summed E-state index contributed by atoms with van der Waals surface area (Å²) in [5.74, 6) is 1.95. The third-order valence-electron chi connectivity index (χ3n) is 2.13. The molecule has 0 saturated heterocycles. The molecule has 3 N–H and O–H groups in total. The van der Waals surface area contributed by atoms with Gasteiger partial charge in [0.15, 0.2) is 0 Å². The Kier molecular flexibility index (Phi) is 3.40. The highest BCUT2D eigenvalue weighted by Crippen LogP contribution is 2.19. The summed E-state index contributed by atoms with van der Waals surface area (Å²) in [4.78, 5) is 7.89. The van der Waals surface area contributed by atoms with Crippen LogP contribution < -0.4 is 15.8 Å². The molecule has 2 rings (SSSR count). The van der Waals surface area contributed by atoms with Gasteiger partial charge >= 0.3 is 0 Å². The molecule has 0 aliphatic rings. The fourth-order valence-corrected chi connectivity index (χ4v) is 1.39. The van der Waals surface area contributed by atoms with E-state index < -0.39 is 0 Å². The Morgan fingerprint density at radius 3 is 2.65 bits per heavy atom. The SMILES string of the molecule is CCOc1ccc(Nc2cc(N)ncn2)cc1. The van der Waals surface area contributed by atoms with Crippen LogP contribution in [-0.2, 0) is 0 Å². The van der Waals surface area contributed by atoms with Gasteiger partial charge in [0.1, 0.15) is 23.7 Å². The van der Waals surface area contributed by atoms with E-state index in [1.54, 1.807) is 6.07 Å². The van der Waals surface area contributed by atoms with Crippen molar-refractivity contribution in [2.24, 2.45) is 0 Å². The fraction of sp³-hybridized carbons (Fsp3) is 0.167. The summed E-state index contributed by atoms with van der Waals surface area (Å²) in [6.07, 6.45) is 1.42. The van der Waals surface area contributed by atoms with Crippen molar-refractivity contribution >= 4 is 17.3 Å². The first-order valence-electron chi connectivity index (χ1n) is 5.35. The number of hydrogen-bond acceptors (Lipinski definition) is 5. The Labute approximate surface area is 99.7 Å². The Bertz CT molecular complexity index is 484. The van der Waals surface area contributed by atoms with Crippen molar-refractivity contribution in [3.8, 4) is 5.75 Å². The molecule has 0 spiro atoms. The average Bonchev–Trinajstić information content (AvgIpc) is 2.32. The van der Waals surface area contributed by atoms with E-state index in [0.717, 1.165) is 11.4 Å². The first-order chi connectivity index (χ1) is 8.28. The second-order valence-corrected chi connectivity index (χ2v) is 3.41. The Hall–Kier alpha value is -2.30. The van der Waals surface area contributed by atoms with Crippen LogP contribution in [0.25, 0.3) is 0 Å². The van der Waals surface area contributed by atoms with Crippen LogP contribution >= 0.6 is 0 Å². The summed E-state index contributed by atoms with van der Waals surface area (Å²) >= 11 is 0. The number of nitrogens with two attached hydrogens (primary N) is 1. The molecule has 0 atom stereocenters. The predicted octanol–water partition coefficient (Wildman–Crippen LogP) is 2.20. The van der Waals surface area contributed by atoms with E-state index in [1.165, 1.54) is 6.33 Å². The van der Waals surface area contributed by atoms with Crippen LogP contribution in [0.1, 0.15) is 6.92 Å². The third-order valence-corrected chi connectivity index (χ3v) is 2.13. The molecule has 88 valence electrons. The van der Waals surface area contributed by atoms with Gasteiger partial charge in [0, 0.05) is 11.8 Å². The Morgan fingerprint density at radius 2 is 2.00 bits per heavy atom. The molecule has 0 unspecified atom stereocenters. The molecule has 0 amide bonds. The van der Waals surface area contributed by atoms with Gasteiger partial charge in [-0.1, -0.05) is 0 Å². The van der Waals surface area contributed by atoms with E-state index in [0.29, 0.717) is 18.2 Å².